The van der Waals surface area contributed by atoms with Crippen LogP contribution in [-0.2, 0) is 6.61 Å². The SMILES string of the molecule is CCC(C)c1ccc(OCc2nnc(NC(=O)Nc3ccccc3F)s2)cc1. The van der Waals surface area contributed by atoms with E-state index < -0.39 is 11.8 Å². The maximum Gasteiger partial charge on any atom is 0.325 e. The molecule has 0 bridgehead atoms. The van der Waals surface area contributed by atoms with Gasteiger partial charge in [0.15, 0.2) is 5.01 Å². The molecule has 0 fully saturated rings. The number of halogens is 1. The number of para-hydroxylation sites is 1. The first kappa shape index (κ1) is 19.8. The lowest BCUT2D eigenvalue weighted by molar-refractivity contribution is 0.262. The summed E-state index contributed by atoms with van der Waals surface area (Å²) in [5.74, 6) is 0.749. The summed E-state index contributed by atoms with van der Waals surface area (Å²) in [5, 5.41) is 13.8. The smallest absolute Gasteiger partial charge is 0.325 e. The van der Waals surface area contributed by atoms with Crippen LogP contribution in [0.4, 0.5) is 20.0 Å². The van der Waals surface area contributed by atoms with Gasteiger partial charge in [-0.2, -0.15) is 0 Å². The summed E-state index contributed by atoms with van der Waals surface area (Å²) in [6.07, 6.45) is 1.09. The van der Waals surface area contributed by atoms with E-state index in [0.717, 1.165) is 12.2 Å². The molecular formula is C20H21FN4O2S. The van der Waals surface area contributed by atoms with Crippen LogP contribution in [0.15, 0.2) is 48.5 Å². The van der Waals surface area contributed by atoms with E-state index >= 15 is 0 Å². The Balaban J connectivity index is 1.51. The zero-order chi connectivity index (χ0) is 19.9. The molecule has 0 aliphatic carbocycles. The summed E-state index contributed by atoms with van der Waals surface area (Å²) in [6.45, 7) is 4.59. The Morgan fingerprint density at radius 2 is 1.89 bits per heavy atom. The lowest BCUT2D eigenvalue weighted by atomic mass is 9.99. The minimum absolute atomic E-state index is 0.0916. The number of hydrogen-bond acceptors (Lipinski definition) is 5. The van der Waals surface area contributed by atoms with Gasteiger partial charge in [0, 0.05) is 0 Å². The molecule has 0 aliphatic rings. The molecule has 28 heavy (non-hydrogen) atoms. The summed E-state index contributed by atoms with van der Waals surface area (Å²) in [5.41, 5.74) is 1.37. The molecule has 2 N–H and O–H groups in total. The molecule has 1 heterocycles. The molecule has 0 spiro atoms. The molecule has 0 saturated heterocycles. The summed E-state index contributed by atoms with van der Waals surface area (Å²) >= 11 is 1.19. The van der Waals surface area contributed by atoms with Gasteiger partial charge in [0.05, 0.1) is 5.69 Å². The third-order valence-corrected chi connectivity index (χ3v) is 5.05. The van der Waals surface area contributed by atoms with E-state index in [2.05, 4.69) is 46.8 Å². The number of carbonyl (C=O) groups excluding carboxylic acids is 1. The zero-order valence-corrected chi connectivity index (χ0v) is 16.4. The molecule has 1 unspecified atom stereocenters. The third-order valence-electron chi connectivity index (χ3n) is 4.23. The van der Waals surface area contributed by atoms with E-state index in [9.17, 15) is 9.18 Å². The Hall–Kier alpha value is -3.00. The van der Waals surface area contributed by atoms with Crippen molar-refractivity contribution in [3.05, 3.63) is 64.9 Å². The molecule has 2 amide bonds. The molecule has 0 aliphatic heterocycles. The van der Waals surface area contributed by atoms with Crippen LogP contribution >= 0.6 is 11.3 Å². The van der Waals surface area contributed by atoms with Gasteiger partial charge >= 0.3 is 6.03 Å². The van der Waals surface area contributed by atoms with Gasteiger partial charge in [0.2, 0.25) is 5.13 Å². The largest absolute Gasteiger partial charge is 0.486 e. The standard InChI is InChI=1S/C20H21FN4O2S/c1-3-13(2)14-8-10-15(11-9-14)27-12-18-24-25-20(28-18)23-19(26)22-17-7-5-4-6-16(17)21/h4-11,13H,3,12H2,1-2H3,(H2,22,23,25,26). The summed E-state index contributed by atoms with van der Waals surface area (Å²) in [7, 11) is 0. The molecule has 3 rings (SSSR count). The molecule has 1 aromatic heterocycles. The number of amides is 2. The van der Waals surface area contributed by atoms with Crippen LogP contribution in [0.3, 0.4) is 0 Å². The number of aromatic nitrogens is 2. The van der Waals surface area contributed by atoms with E-state index in [1.54, 1.807) is 12.1 Å². The van der Waals surface area contributed by atoms with Gasteiger partial charge in [-0.3, -0.25) is 5.32 Å². The Bertz CT molecular complexity index is 930. The lowest BCUT2D eigenvalue weighted by Gasteiger charge is -2.10. The van der Waals surface area contributed by atoms with Crippen LogP contribution in [0.2, 0.25) is 0 Å². The van der Waals surface area contributed by atoms with Gasteiger partial charge in [-0.05, 0) is 42.2 Å². The Labute approximate surface area is 166 Å². The number of benzene rings is 2. The normalized spacial score (nSPS) is 11.7. The number of anilines is 2. The number of carbonyl (C=O) groups is 1. The Kier molecular flexibility index (Phi) is 6.54. The van der Waals surface area contributed by atoms with Crippen molar-refractivity contribution in [2.45, 2.75) is 32.8 Å². The number of hydrogen-bond donors (Lipinski definition) is 2. The highest BCUT2D eigenvalue weighted by Gasteiger charge is 2.11. The first-order chi connectivity index (χ1) is 13.5. The summed E-state index contributed by atoms with van der Waals surface area (Å²) in [6, 6.07) is 13.3. The van der Waals surface area contributed by atoms with Crippen LogP contribution in [0.1, 0.15) is 36.8 Å². The number of ether oxygens (including phenoxy) is 1. The number of nitrogens with one attached hydrogen (secondary N) is 2. The van der Waals surface area contributed by atoms with Crippen molar-refractivity contribution in [3.63, 3.8) is 0 Å². The van der Waals surface area contributed by atoms with Crippen LogP contribution in [0, 0.1) is 5.82 Å². The van der Waals surface area contributed by atoms with Crippen molar-refractivity contribution in [3.8, 4) is 5.75 Å². The monoisotopic (exact) mass is 400 g/mol. The summed E-state index contributed by atoms with van der Waals surface area (Å²) in [4.78, 5) is 12.0. The van der Waals surface area contributed by atoms with Crippen LogP contribution in [0.25, 0.3) is 0 Å². The highest BCUT2D eigenvalue weighted by Crippen LogP contribution is 2.23. The van der Waals surface area contributed by atoms with Gasteiger partial charge < -0.3 is 10.1 Å². The minimum atomic E-state index is -0.589. The number of nitrogens with zero attached hydrogens (tertiary/aromatic N) is 2. The van der Waals surface area contributed by atoms with E-state index in [0.29, 0.717) is 16.1 Å². The molecule has 6 nitrogen and oxygen atoms in total. The van der Waals surface area contributed by atoms with Gasteiger partial charge in [-0.1, -0.05) is 49.4 Å². The summed E-state index contributed by atoms with van der Waals surface area (Å²) < 4.78 is 19.3. The van der Waals surface area contributed by atoms with Crippen molar-refractivity contribution in [1.29, 1.82) is 0 Å². The van der Waals surface area contributed by atoms with Gasteiger partial charge in [0.25, 0.3) is 0 Å². The number of rotatable bonds is 7. The second-order valence-electron chi connectivity index (χ2n) is 6.23. The van der Waals surface area contributed by atoms with E-state index in [1.807, 2.05) is 12.1 Å². The average molecular weight is 400 g/mol. The van der Waals surface area contributed by atoms with Crippen molar-refractivity contribution in [1.82, 2.24) is 10.2 Å². The molecule has 3 aromatic rings. The molecular weight excluding hydrogens is 379 g/mol. The van der Waals surface area contributed by atoms with Crippen LogP contribution < -0.4 is 15.4 Å². The molecule has 0 radical (unpaired) electrons. The molecule has 2 aromatic carbocycles. The van der Waals surface area contributed by atoms with E-state index in [1.165, 1.54) is 29.0 Å². The molecule has 0 saturated carbocycles. The zero-order valence-electron chi connectivity index (χ0n) is 15.6. The van der Waals surface area contributed by atoms with Crippen molar-refractivity contribution < 1.29 is 13.9 Å². The maximum atomic E-state index is 13.6. The number of urea groups is 1. The first-order valence-corrected chi connectivity index (χ1v) is 9.74. The fourth-order valence-corrected chi connectivity index (χ4v) is 3.10. The molecule has 146 valence electrons. The van der Waals surface area contributed by atoms with Gasteiger partial charge in [-0.15, -0.1) is 10.2 Å². The molecule has 8 heteroatoms. The minimum Gasteiger partial charge on any atom is -0.486 e. The van der Waals surface area contributed by atoms with Crippen molar-refractivity contribution >= 4 is 28.2 Å². The maximum absolute atomic E-state index is 13.6. The van der Waals surface area contributed by atoms with Gasteiger partial charge in [0.1, 0.15) is 18.2 Å². The van der Waals surface area contributed by atoms with Gasteiger partial charge in [-0.25, -0.2) is 9.18 Å². The lowest BCUT2D eigenvalue weighted by Crippen LogP contribution is -2.19. The second-order valence-corrected chi connectivity index (χ2v) is 7.29. The third kappa shape index (κ3) is 5.26. The quantitative estimate of drug-likeness (QED) is 0.556. The Morgan fingerprint density at radius 1 is 1.14 bits per heavy atom. The Morgan fingerprint density at radius 3 is 2.61 bits per heavy atom. The van der Waals surface area contributed by atoms with Crippen LogP contribution in [0.5, 0.6) is 5.75 Å². The highest BCUT2D eigenvalue weighted by molar-refractivity contribution is 7.15. The highest BCUT2D eigenvalue weighted by atomic mass is 32.1. The van der Waals surface area contributed by atoms with E-state index in [-0.39, 0.29) is 12.3 Å². The van der Waals surface area contributed by atoms with Crippen molar-refractivity contribution in [2.75, 3.05) is 10.6 Å². The second kappa shape index (κ2) is 9.27. The first-order valence-electron chi connectivity index (χ1n) is 8.93. The molecule has 1 atom stereocenters. The fraction of sp³-hybridized carbons (Fsp3) is 0.250. The average Bonchev–Trinajstić information content (AvgIpc) is 3.15. The topological polar surface area (TPSA) is 76.1 Å². The van der Waals surface area contributed by atoms with Crippen LogP contribution in [-0.4, -0.2) is 16.2 Å². The predicted octanol–water partition coefficient (Wildman–Crippen LogP) is 5.41. The van der Waals surface area contributed by atoms with Crippen molar-refractivity contribution in [2.24, 2.45) is 0 Å². The predicted molar refractivity (Wildman–Crippen MR) is 108 cm³/mol. The fourth-order valence-electron chi connectivity index (χ4n) is 2.45. The van der Waals surface area contributed by atoms with E-state index in [4.69, 9.17) is 4.74 Å².